The van der Waals surface area contributed by atoms with Gasteiger partial charge in [-0.05, 0) is 32.1 Å². The zero-order chi connectivity index (χ0) is 13.6. The second-order valence-electron chi connectivity index (χ2n) is 5.22. The SMILES string of the molecule is COC(=O)C1(c2nc(C(=O)O)c3n2CCCC3)CC1. The van der Waals surface area contributed by atoms with Crippen LogP contribution in [0.5, 0.6) is 0 Å². The minimum atomic E-state index is -1.02. The monoisotopic (exact) mass is 264 g/mol. The van der Waals surface area contributed by atoms with E-state index in [4.69, 9.17) is 4.74 Å². The average Bonchev–Trinajstić information content (AvgIpc) is 3.12. The van der Waals surface area contributed by atoms with E-state index in [0.29, 0.717) is 25.1 Å². The van der Waals surface area contributed by atoms with Gasteiger partial charge in [-0.3, -0.25) is 4.79 Å². The van der Waals surface area contributed by atoms with Crippen LogP contribution in [0.15, 0.2) is 0 Å². The van der Waals surface area contributed by atoms with Gasteiger partial charge in [-0.2, -0.15) is 0 Å². The fraction of sp³-hybridized carbons (Fsp3) is 0.615. The third kappa shape index (κ3) is 1.66. The van der Waals surface area contributed by atoms with Crippen LogP contribution in [0.2, 0.25) is 0 Å². The first-order valence-electron chi connectivity index (χ1n) is 6.52. The first kappa shape index (κ1) is 12.2. The fourth-order valence-corrected chi connectivity index (χ4v) is 2.92. The molecule has 19 heavy (non-hydrogen) atoms. The summed E-state index contributed by atoms with van der Waals surface area (Å²) >= 11 is 0. The highest BCUT2D eigenvalue weighted by Crippen LogP contribution is 2.49. The van der Waals surface area contributed by atoms with Crippen molar-refractivity contribution in [3.63, 3.8) is 0 Å². The number of imidazole rings is 1. The second-order valence-corrected chi connectivity index (χ2v) is 5.22. The Labute approximate surface area is 110 Å². The normalized spacial score (nSPS) is 19.6. The molecule has 1 N–H and O–H groups in total. The predicted molar refractivity (Wildman–Crippen MR) is 65.1 cm³/mol. The molecule has 0 atom stereocenters. The molecule has 1 aromatic rings. The number of aromatic nitrogens is 2. The quantitative estimate of drug-likeness (QED) is 0.827. The Morgan fingerprint density at radius 2 is 2.11 bits per heavy atom. The first-order valence-corrected chi connectivity index (χ1v) is 6.52. The molecule has 3 rings (SSSR count). The van der Waals surface area contributed by atoms with Crippen molar-refractivity contribution in [3.05, 3.63) is 17.2 Å². The molecule has 6 heteroatoms. The maximum Gasteiger partial charge on any atom is 0.356 e. The number of hydrogen-bond acceptors (Lipinski definition) is 4. The smallest absolute Gasteiger partial charge is 0.356 e. The van der Waals surface area contributed by atoms with Crippen molar-refractivity contribution in [2.45, 2.75) is 44.1 Å². The van der Waals surface area contributed by atoms with Crippen molar-refractivity contribution in [2.24, 2.45) is 0 Å². The molecule has 2 aliphatic rings. The van der Waals surface area contributed by atoms with Gasteiger partial charge in [-0.1, -0.05) is 0 Å². The van der Waals surface area contributed by atoms with Gasteiger partial charge >= 0.3 is 11.9 Å². The minimum absolute atomic E-state index is 0.102. The number of fused-ring (bicyclic) bond motifs is 1. The van der Waals surface area contributed by atoms with Crippen LogP contribution in [0.4, 0.5) is 0 Å². The third-order valence-corrected chi connectivity index (χ3v) is 4.07. The number of methoxy groups -OCH3 is 1. The van der Waals surface area contributed by atoms with Gasteiger partial charge in [-0.15, -0.1) is 0 Å². The highest BCUT2D eigenvalue weighted by atomic mass is 16.5. The van der Waals surface area contributed by atoms with E-state index in [1.807, 2.05) is 4.57 Å². The van der Waals surface area contributed by atoms with E-state index in [1.165, 1.54) is 7.11 Å². The van der Waals surface area contributed by atoms with Crippen molar-refractivity contribution in [1.29, 1.82) is 0 Å². The average molecular weight is 264 g/mol. The van der Waals surface area contributed by atoms with Crippen molar-refractivity contribution in [2.75, 3.05) is 7.11 Å². The number of esters is 1. The topological polar surface area (TPSA) is 81.4 Å². The Morgan fingerprint density at radius 1 is 1.37 bits per heavy atom. The van der Waals surface area contributed by atoms with Crippen LogP contribution in [0.3, 0.4) is 0 Å². The second kappa shape index (κ2) is 4.08. The highest BCUT2D eigenvalue weighted by Gasteiger charge is 2.56. The Hall–Kier alpha value is -1.85. The molecule has 102 valence electrons. The lowest BCUT2D eigenvalue weighted by molar-refractivity contribution is -0.144. The van der Waals surface area contributed by atoms with E-state index in [0.717, 1.165) is 25.1 Å². The maximum absolute atomic E-state index is 11.9. The summed E-state index contributed by atoms with van der Waals surface area (Å²) in [4.78, 5) is 27.5. The van der Waals surface area contributed by atoms with E-state index in [2.05, 4.69) is 4.98 Å². The Morgan fingerprint density at radius 3 is 2.68 bits per heavy atom. The minimum Gasteiger partial charge on any atom is -0.476 e. The lowest BCUT2D eigenvalue weighted by Gasteiger charge is -2.20. The summed E-state index contributed by atoms with van der Waals surface area (Å²) in [5.74, 6) is -0.730. The van der Waals surface area contributed by atoms with Gasteiger partial charge in [0, 0.05) is 6.54 Å². The lowest BCUT2D eigenvalue weighted by Crippen LogP contribution is -2.27. The van der Waals surface area contributed by atoms with Crippen molar-refractivity contribution < 1.29 is 19.4 Å². The molecule has 1 saturated carbocycles. The van der Waals surface area contributed by atoms with E-state index in [9.17, 15) is 14.7 Å². The molecule has 0 unspecified atom stereocenters. The first-order chi connectivity index (χ1) is 9.10. The molecule has 0 radical (unpaired) electrons. The number of carbonyl (C=O) groups is 2. The van der Waals surface area contributed by atoms with Gasteiger partial charge in [-0.25, -0.2) is 9.78 Å². The van der Waals surface area contributed by atoms with E-state index < -0.39 is 11.4 Å². The summed E-state index contributed by atoms with van der Waals surface area (Å²) in [6, 6.07) is 0. The van der Waals surface area contributed by atoms with E-state index in [1.54, 1.807) is 0 Å². The largest absolute Gasteiger partial charge is 0.476 e. The Kier molecular flexibility index (Phi) is 2.62. The molecule has 1 aliphatic heterocycles. The maximum atomic E-state index is 11.9. The molecule has 1 aromatic heterocycles. The van der Waals surface area contributed by atoms with Crippen LogP contribution in [-0.2, 0) is 27.9 Å². The summed E-state index contributed by atoms with van der Waals surface area (Å²) in [5.41, 5.74) is 0.156. The fourth-order valence-electron chi connectivity index (χ4n) is 2.92. The van der Waals surface area contributed by atoms with Crippen LogP contribution in [0, 0.1) is 0 Å². The molecule has 0 saturated heterocycles. The zero-order valence-electron chi connectivity index (χ0n) is 10.8. The third-order valence-electron chi connectivity index (χ3n) is 4.07. The number of hydrogen-bond donors (Lipinski definition) is 1. The number of nitrogens with zero attached hydrogens (tertiary/aromatic N) is 2. The summed E-state index contributed by atoms with van der Waals surface area (Å²) in [6.07, 6.45) is 4.06. The van der Waals surface area contributed by atoms with Gasteiger partial charge in [0.2, 0.25) is 0 Å². The van der Waals surface area contributed by atoms with Crippen LogP contribution >= 0.6 is 0 Å². The van der Waals surface area contributed by atoms with E-state index in [-0.39, 0.29) is 11.7 Å². The molecule has 6 nitrogen and oxygen atoms in total. The van der Waals surface area contributed by atoms with Gasteiger partial charge < -0.3 is 14.4 Å². The van der Waals surface area contributed by atoms with E-state index >= 15 is 0 Å². The standard InChI is InChI=1S/C13H16N2O4/c1-19-12(18)13(5-6-13)11-14-9(10(16)17)8-4-2-3-7-15(8)11/h2-7H2,1H3,(H,16,17). The molecule has 0 bridgehead atoms. The summed E-state index contributed by atoms with van der Waals surface area (Å²) in [7, 11) is 1.36. The van der Waals surface area contributed by atoms with Gasteiger partial charge in [0.1, 0.15) is 11.2 Å². The molecule has 1 aliphatic carbocycles. The van der Waals surface area contributed by atoms with Crippen LogP contribution < -0.4 is 0 Å². The summed E-state index contributed by atoms with van der Waals surface area (Å²) in [6.45, 7) is 0.740. The van der Waals surface area contributed by atoms with Gasteiger partial charge in [0.25, 0.3) is 0 Å². The molecule has 0 spiro atoms. The number of carboxylic acids is 1. The number of ether oxygens (including phenoxy) is 1. The van der Waals surface area contributed by atoms with Crippen molar-refractivity contribution in [3.8, 4) is 0 Å². The van der Waals surface area contributed by atoms with Crippen LogP contribution in [0.1, 0.15) is 47.7 Å². The Balaban J connectivity index is 2.12. The molecule has 0 amide bonds. The number of aromatic carboxylic acids is 1. The molecule has 0 aromatic carbocycles. The molecule has 2 heterocycles. The molecular formula is C13H16N2O4. The number of rotatable bonds is 3. The Bertz CT molecular complexity index is 557. The van der Waals surface area contributed by atoms with Gasteiger partial charge in [0.05, 0.1) is 12.8 Å². The van der Waals surface area contributed by atoms with Crippen LogP contribution in [-0.4, -0.2) is 33.7 Å². The van der Waals surface area contributed by atoms with Gasteiger partial charge in [0.15, 0.2) is 5.69 Å². The van der Waals surface area contributed by atoms with Crippen molar-refractivity contribution in [1.82, 2.24) is 9.55 Å². The highest BCUT2D eigenvalue weighted by molar-refractivity contribution is 5.89. The van der Waals surface area contributed by atoms with Crippen molar-refractivity contribution >= 4 is 11.9 Å². The number of carbonyl (C=O) groups excluding carboxylic acids is 1. The van der Waals surface area contributed by atoms with Crippen LogP contribution in [0.25, 0.3) is 0 Å². The molecular weight excluding hydrogens is 248 g/mol. The lowest BCUT2D eigenvalue weighted by atomic mass is 10.0. The summed E-state index contributed by atoms with van der Waals surface area (Å²) in [5, 5.41) is 9.24. The molecule has 1 fully saturated rings. The zero-order valence-corrected chi connectivity index (χ0v) is 10.8. The summed E-state index contributed by atoms with van der Waals surface area (Å²) < 4.78 is 6.78. The predicted octanol–water partition coefficient (Wildman–Crippen LogP) is 1.12. The number of carboxylic acid groups (broad SMARTS) is 1.